The van der Waals surface area contributed by atoms with Crippen LogP contribution in [0.15, 0.2) is 30.3 Å². The van der Waals surface area contributed by atoms with Gasteiger partial charge in [-0.1, -0.05) is 91.4 Å². The van der Waals surface area contributed by atoms with Gasteiger partial charge in [0.2, 0.25) is 0 Å². The molecule has 0 heterocycles. The van der Waals surface area contributed by atoms with Gasteiger partial charge in [0, 0.05) is 5.56 Å². The van der Waals surface area contributed by atoms with Crippen LogP contribution in [-0.4, -0.2) is 0 Å². The van der Waals surface area contributed by atoms with Crippen LogP contribution >= 0.6 is 46.4 Å². The van der Waals surface area contributed by atoms with Crippen molar-refractivity contribution in [2.45, 2.75) is 26.2 Å². The first-order valence-corrected chi connectivity index (χ1v) is 7.67. The summed E-state index contributed by atoms with van der Waals surface area (Å²) >= 11 is 24.4. The quantitative estimate of drug-likeness (QED) is 0.376. The first-order chi connectivity index (χ1) is 9.21. The minimum Gasteiger partial charge on any atom is -0.0826 e. The van der Waals surface area contributed by atoms with Crippen molar-refractivity contribution in [1.29, 1.82) is 0 Å². The third-order valence-corrected chi connectivity index (χ3v) is 4.92. The smallest absolute Gasteiger partial charge is 0.0800 e. The van der Waals surface area contributed by atoms with Crippen molar-refractivity contribution in [1.82, 2.24) is 0 Å². The standard InChI is InChI=1S/C16H14Cl4/c1-16(2,3)10-6-4-9(5-7-10)11-8-12(17)14(19)15(20)13(11)18/h4-8H,1-3H3. The van der Waals surface area contributed by atoms with Gasteiger partial charge in [0.15, 0.2) is 0 Å². The van der Waals surface area contributed by atoms with Gasteiger partial charge in [-0.25, -0.2) is 0 Å². The zero-order valence-corrected chi connectivity index (χ0v) is 14.4. The Balaban J connectivity index is 2.53. The van der Waals surface area contributed by atoms with Crippen molar-refractivity contribution < 1.29 is 0 Å². The highest BCUT2D eigenvalue weighted by molar-refractivity contribution is 6.52. The molecule has 0 bridgehead atoms. The summed E-state index contributed by atoms with van der Waals surface area (Å²) in [5, 5.41) is 1.39. The minimum atomic E-state index is 0.109. The van der Waals surface area contributed by atoms with E-state index in [1.54, 1.807) is 6.07 Å². The van der Waals surface area contributed by atoms with E-state index in [4.69, 9.17) is 46.4 Å². The van der Waals surface area contributed by atoms with E-state index in [-0.39, 0.29) is 15.5 Å². The monoisotopic (exact) mass is 346 g/mol. The molecule has 2 rings (SSSR count). The lowest BCUT2D eigenvalue weighted by Crippen LogP contribution is -2.10. The Morgan fingerprint density at radius 3 is 1.80 bits per heavy atom. The van der Waals surface area contributed by atoms with Crippen molar-refractivity contribution in [3.8, 4) is 11.1 Å². The molecule has 0 aliphatic rings. The molecule has 0 saturated heterocycles. The van der Waals surface area contributed by atoms with E-state index in [2.05, 4.69) is 32.9 Å². The van der Waals surface area contributed by atoms with E-state index in [1.165, 1.54) is 5.56 Å². The lowest BCUT2D eigenvalue weighted by Gasteiger charge is -2.19. The van der Waals surface area contributed by atoms with Crippen LogP contribution in [0, 0.1) is 0 Å². The van der Waals surface area contributed by atoms with E-state index in [9.17, 15) is 0 Å². The Kier molecular flexibility index (Phi) is 4.61. The molecule has 0 unspecified atom stereocenters. The van der Waals surface area contributed by atoms with Gasteiger partial charge in [0.05, 0.1) is 20.1 Å². The number of hydrogen-bond acceptors (Lipinski definition) is 0. The lowest BCUT2D eigenvalue weighted by atomic mass is 9.86. The summed E-state index contributed by atoms with van der Waals surface area (Å²) in [7, 11) is 0. The van der Waals surface area contributed by atoms with Gasteiger partial charge < -0.3 is 0 Å². The van der Waals surface area contributed by atoms with Crippen LogP contribution in [0.25, 0.3) is 11.1 Å². The average molecular weight is 348 g/mol. The molecule has 0 amide bonds. The second-order valence-electron chi connectivity index (χ2n) is 5.68. The van der Waals surface area contributed by atoms with Gasteiger partial charge in [-0.15, -0.1) is 0 Å². The van der Waals surface area contributed by atoms with Crippen molar-refractivity contribution in [3.63, 3.8) is 0 Å². The predicted molar refractivity (Wildman–Crippen MR) is 90.6 cm³/mol. The fourth-order valence-corrected chi connectivity index (χ4v) is 2.84. The third kappa shape index (κ3) is 3.09. The molecule has 0 aromatic heterocycles. The molecule has 20 heavy (non-hydrogen) atoms. The van der Waals surface area contributed by atoms with Crippen LogP contribution in [0.4, 0.5) is 0 Å². The molecule has 0 radical (unpaired) electrons. The molecule has 0 spiro atoms. The Bertz CT molecular complexity index is 637. The Morgan fingerprint density at radius 1 is 0.750 bits per heavy atom. The number of benzene rings is 2. The van der Waals surface area contributed by atoms with Gasteiger partial charge in [-0.2, -0.15) is 0 Å². The maximum absolute atomic E-state index is 6.26. The number of hydrogen-bond donors (Lipinski definition) is 0. The molecule has 0 aliphatic carbocycles. The largest absolute Gasteiger partial charge is 0.0826 e. The van der Waals surface area contributed by atoms with Crippen LogP contribution in [0.5, 0.6) is 0 Å². The Hall–Kier alpha value is -0.400. The summed E-state index contributed by atoms with van der Waals surface area (Å²) in [6, 6.07) is 9.94. The summed E-state index contributed by atoms with van der Waals surface area (Å²) in [5.74, 6) is 0. The van der Waals surface area contributed by atoms with E-state index in [1.807, 2.05) is 12.1 Å². The molecular formula is C16H14Cl4. The fraction of sp³-hybridized carbons (Fsp3) is 0.250. The zero-order valence-electron chi connectivity index (χ0n) is 11.4. The van der Waals surface area contributed by atoms with Crippen LogP contribution in [0.2, 0.25) is 20.1 Å². The highest BCUT2D eigenvalue weighted by atomic mass is 35.5. The summed E-state index contributed by atoms with van der Waals surface area (Å²) in [6.45, 7) is 6.51. The van der Waals surface area contributed by atoms with Gasteiger partial charge in [-0.05, 0) is 22.6 Å². The van der Waals surface area contributed by atoms with E-state index in [0.717, 1.165) is 11.1 Å². The predicted octanol–water partition coefficient (Wildman–Crippen LogP) is 7.26. The summed E-state index contributed by atoms with van der Waals surface area (Å²) in [6.07, 6.45) is 0. The highest BCUT2D eigenvalue weighted by Gasteiger charge is 2.16. The van der Waals surface area contributed by atoms with Crippen molar-refractivity contribution >= 4 is 46.4 Å². The van der Waals surface area contributed by atoms with Crippen LogP contribution in [0.1, 0.15) is 26.3 Å². The summed E-state index contributed by atoms with van der Waals surface area (Å²) < 4.78 is 0. The zero-order chi connectivity index (χ0) is 15.1. The maximum atomic E-state index is 6.26. The molecule has 4 heteroatoms. The lowest BCUT2D eigenvalue weighted by molar-refractivity contribution is 0.590. The molecule has 0 atom stereocenters. The number of halogens is 4. The van der Waals surface area contributed by atoms with Crippen LogP contribution < -0.4 is 0 Å². The molecule has 0 fully saturated rings. The maximum Gasteiger partial charge on any atom is 0.0800 e. The van der Waals surface area contributed by atoms with E-state index in [0.29, 0.717) is 10.0 Å². The SMILES string of the molecule is CC(C)(C)c1ccc(-c2cc(Cl)c(Cl)c(Cl)c2Cl)cc1. The summed E-state index contributed by atoms with van der Waals surface area (Å²) in [4.78, 5) is 0. The van der Waals surface area contributed by atoms with Gasteiger partial charge in [0.25, 0.3) is 0 Å². The molecule has 0 saturated carbocycles. The molecule has 2 aromatic rings. The normalized spacial score (nSPS) is 11.8. The molecule has 0 aliphatic heterocycles. The third-order valence-electron chi connectivity index (χ3n) is 3.16. The van der Waals surface area contributed by atoms with Crippen molar-refractivity contribution in [2.24, 2.45) is 0 Å². The van der Waals surface area contributed by atoms with Crippen LogP contribution in [0.3, 0.4) is 0 Å². The van der Waals surface area contributed by atoms with Gasteiger partial charge >= 0.3 is 0 Å². The molecule has 0 nitrogen and oxygen atoms in total. The Labute approximate surface area is 139 Å². The van der Waals surface area contributed by atoms with Gasteiger partial charge in [0.1, 0.15) is 0 Å². The molecular weight excluding hydrogens is 334 g/mol. The van der Waals surface area contributed by atoms with Crippen molar-refractivity contribution in [2.75, 3.05) is 0 Å². The first kappa shape index (κ1) is 16.0. The second-order valence-corrected chi connectivity index (χ2v) is 7.22. The average Bonchev–Trinajstić information content (AvgIpc) is 2.40. The number of rotatable bonds is 1. The van der Waals surface area contributed by atoms with Crippen molar-refractivity contribution in [3.05, 3.63) is 56.0 Å². The second kappa shape index (κ2) is 5.77. The topological polar surface area (TPSA) is 0 Å². The van der Waals surface area contributed by atoms with E-state index < -0.39 is 0 Å². The Morgan fingerprint density at radius 2 is 1.30 bits per heavy atom. The van der Waals surface area contributed by atoms with Gasteiger partial charge in [-0.3, -0.25) is 0 Å². The molecule has 106 valence electrons. The summed E-state index contributed by atoms with van der Waals surface area (Å²) in [5.41, 5.74) is 3.11. The molecule has 2 aromatic carbocycles. The fourth-order valence-electron chi connectivity index (χ4n) is 1.93. The minimum absolute atomic E-state index is 0.109. The first-order valence-electron chi connectivity index (χ1n) is 6.15. The van der Waals surface area contributed by atoms with E-state index >= 15 is 0 Å². The van der Waals surface area contributed by atoms with Crippen LogP contribution in [-0.2, 0) is 5.41 Å². The molecule has 0 N–H and O–H groups in total. The highest BCUT2D eigenvalue weighted by Crippen LogP contribution is 2.42.